The third-order valence-electron chi connectivity index (χ3n) is 3.05. The third-order valence-corrected chi connectivity index (χ3v) is 3.05. The molecule has 0 spiro atoms. The van der Waals surface area contributed by atoms with E-state index in [4.69, 9.17) is 5.26 Å². The van der Waals surface area contributed by atoms with Gasteiger partial charge in [0.25, 0.3) is 0 Å². The Bertz CT molecular complexity index is 640. The zero-order chi connectivity index (χ0) is 14.6. The zero-order valence-electron chi connectivity index (χ0n) is 10.6. The summed E-state index contributed by atoms with van der Waals surface area (Å²) in [6.45, 7) is 0. The molecular formula is C15H12F2N2O. The minimum atomic E-state index is -1.70. The van der Waals surface area contributed by atoms with Crippen molar-refractivity contribution in [1.82, 2.24) is 4.98 Å². The van der Waals surface area contributed by atoms with Crippen molar-refractivity contribution >= 4 is 0 Å². The second-order valence-corrected chi connectivity index (χ2v) is 4.52. The van der Waals surface area contributed by atoms with Gasteiger partial charge in [-0.3, -0.25) is 4.98 Å². The van der Waals surface area contributed by atoms with Crippen LogP contribution in [0.2, 0.25) is 0 Å². The summed E-state index contributed by atoms with van der Waals surface area (Å²) in [5.41, 5.74) is -1.08. The normalized spacial score (nSPS) is 13.5. The van der Waals surface area contributed by atoms with E-state index in [0.717, 1.165) is 6.07 Å². The van der Waals surface area contributed by atoms with E-state index in [9.17, 15) is 13.9 Å². The van der Waals surface area contributed by atoms with Crippen molar-refractivity contribution in [3.8, 4) is 6.07 Å². The van der Waals surface area contributed by atoms with E-state index in [1.165, 1.54) is 6.07 Å². The Labute approximate surface area is 115 Å². The predicted molar refractivity (Wildman–Crippen MR) is 68.4 cm³/mol. The van der Waals surface area contributed by atoms with Gasteiger partial charge >= 0.3 is 0 Å². The lowest BCUT2D eigenvalue weighted by molar-refractivity contribution is 0.0380. The quantitative estimate of drug-likeness (QED) is 0.932. The molecule has 1 aromatic heterocycles. The molecule has 5 heteroatoms. The van der Waals surface area contributed by atoms with E-state index in [1.54, 1.807) is 24.5 Å². The van der Waals surface area contributed by atoms with Gasteiger partial charge in [0.05, 0.1) is 12.5 Å². The average Bonchev–Trinajstić information content (AvgIpc) is 2.39. The van der Waals surface area contributed by atoms with Gasteiger partial charge in [-0.15, -0.1) is 0 Å². The van der Waals surface area contributed by atoms with Crippen molar-refractivity contribution in [2.45, 2.75) is 18.4 Å². The Morgan fingerprint density at radius 3 is 2.50 bits per heavy atom. The second kappa shape index (κ2) is 5.76. The SMILES string of the molecule is N#CCC(O)(Cc1ccncc1)c1ccc(F)cc1F. The van der Waals surface area contributed by atoms with Gasteiger partial charge in [-0.25, -0.2) is 8.78 Å². The summed E-state index contributed by atoms with van der Waals surface area (Å²) in [4.78, 5) is 3.85. The summed E-state index contributed by atoms with van der Waals surface area (Å²) in [5, 5.41) is 19.5. The first-order valence-electron chi connectivity index (χ1n) is 5.99. The van der Waals surface area contributed by atoms with Gasteiger partial charge in [-0.2, -0.15) is 5.26 Å². The minimum absolute atomic E-state index is 0.0473. The number of benzene rings is 1. The molecule has 102 valence electrons. The van der Waals surface area contributed by atoms with Crippen LogP contribution < -0.4 is 0 Å². The predicted octanol–water partition coefficient (Wildman–Crippen LogP) is 2.70. The lowest BCUT2D eigenvalue weighted by Crippen LogP contribution is -2.29. The van der Waals surface area contributed by atoms with Gasteiger partial charge in [0.2, 0.25) is 0 Å². The summed E-state index contributed by atoms with van der Waals surface area (Å²) < 4.78 is 26.8. The monoisotopic (exact) mass is 274 g/mol. The van der Waals surface area contributed by atoms with E-state index in [0.29, 0.717) is 11.6 Å². The first kappa shape index (κ1) is 14.1. The summed E-state index contributed by atoms with van der Waals surface area (Å²) in [6, 6.07) is 8.11. The van der Waals surface area contributed by atoms with Crippen LogP contribution in [0.5, 0.6) is 0 Å². The van der Waals surface area contributed by atoms with E-state index in [-0.39, 0.29) is 18.4 Å². The number of nitrogens with zero attached hydrogens (tertiary/aromatic N) is 2. The van der Waals surface area contributed by atoms with Crippen molar-refractivity contribution in [3.05, 3.63) is 65.5 Å². The molecular weight excluding hydrogens is 262 g/mol. The fourth-order valence-electron chi connectivity index (χ4n) is 2.09. The van der Waals surface area contributed by atoms with E-state index < -0.39 is 17.2 Å². The summed E-state index contributed by atoms with van der Waals surface area (Å²) in [5.74, 6) is -1.59. The highest BCUT2D eigenvalue weighted by atomic mass is 19.1. The molecule has 20 heavy (non-hydrogen) atoms. The van der Waals surface area contributed by atoms with Crippen LogP contribution in [0.25, 0.3) is 0 Å². The standard InChI is InChI=1S/C15H12F2N2O/c16-12-1-2-13(14(17)9-12)15(20,5-6-18)10-11-3-7-19-8-4-11/h1-4,7-9,20H,5,10H2. The fraction of sp³-hybridized carbons (Fsp3) is 0.200. The molecule has 1 aromatic carbocycles. The summed E-state index contributed by atoms with van der Waals surface area (Å²) >= 11 is 0. The Balaban J connectivity index is 2.41. The molecule has 0 amide bonds. The van der Waals surface area contributed by atoms with Gasteiger partial charge in [0.1, 0.15) is 17.2 Å². The molecule has 0 saturated carbocycles. The number of pyridine rings is 1. The molecule has 3 nitrogen and oxygen atoms in total. The van der Waals surface area contributed by atoms with Crippen LogP contribution in [0.1, 0.15) is 17.5 Å². The number of nitriles is 1. The highest BCUT2D eigenvalue weighted by Gasteiger charge is 2.32. The van der Waals surface area contributed by atoms with Crippen molar-refractivity contribution in [2.75, 3.05) is 0 Å². The van der Waals surface area contributed by atoms with Crippen molar-refractivity contribution < 1.29 is 13.9 Å². The van der Waals surface area contributed by atoms with Crippen molar-refractivity contribution in [1.29, 1.82) is 5.26 Å². The molecule has 0 fully saturated rings. The Morgan fingerprint density at radius 1 is 1.20 bits per heavy atom. The van der Waals surface area contributed by atoms with Gasteiger partial charge < -0.3 is 5.11 Å². The van der Waals surface area contributed by atoms with Gasteiger partial charge in [-0.1, -0.05) is 6.07 Å². The van der Waals surface area contributed by atoms with Gasteiger partial charge in [0.15, 0.2) is 0 Å². The van der Waals surface area contributed by atoms with E-state index in [2.05, 4.69) is 4.98 Å². The van der Waals surface area contributed by atoms with Crippen LogP contribution in [0.4, 0.5) is 8.78 Å². The molecule has 1 atom stereocenters. The molecule has 2 rings (SSSR count). The van der Waals surface area contributed by atoms with Gasteiger partial charge in [-0.05, 0) is 23.8 Å². The number of aliphatic hydroxyl groups is 1. The van der Waals surface area contributed by atoms with Crippen LogP contribution in [0, 0.1) is 23.0 Å². The van der Waals surface area contributed by atoms with Crippen LogP contribution in [-0.2, 0) is 12.0 Å². The Kier molecular flexibility index (Phi) is 4.06. The van der Waals surface area contributed by atoms with Crippen LogP contribution in [0.3, 0.4) is 0 Å². The molecule has 1 heterocycles. The molecule has 0 radical (unpaired) electrons. The highest BCUT2D eigenvalue weighted by Crippen LogP contribution is 2.31. The minimum Gasteiger partial charge on any atom is -0.384 e. The van der Waals surface area contributed by atoms with Crippen molar-refractivity contribution in [2.24, 2.45) is 0 Å². The molecule has 0 aliphatic heterocycles. The largest absolute Gasteiger partial charge is 0.384 e. The second-order valence-electron chi connectivity index (χ2n) is 4.52. The zero-order valence-corrected chi connectivity index (χ0v) is 10.6. The summed E-state index contributed by atoms with van der Waals surface area (Å²) in [6.07, 6.45) is 2.84. The molecule has 0 saturated heterocycles. The molecule has 0 bridgehead atoms. The molecule has 1 N–H and O–H groups in total. The van der Waals surface area contributed by atoms with E-state index in [1.807, 2.05) is 6.07 Å². The first-order valence-corrected chi connectivity index (χ1v) is 5.99. The van der Waals surface area contributed by atoms with Crippen LogP contribution in [-0.4, -0.2) is 10.1 Å². The smallest absolute Gasteiger partial charge is 0.132 e. The maximum absolute atomic E-state index is 13.9. The maximum atomic E-state index is 13.9. The average molecular weight is 274 g/mol. The number of hydrogen-bond acceptors (Lipinski definition) is 3. The lowest BCUT2D eigenvalue weighted by atomic mass is 9.85. The number of hydrogen-bond donors (Lipinski definition) is 1. The summed E-state index contributed by atoms with van der Waals surface area (Å²) in [7, 11) is 0. The topological polar surface area (TPSA) is 56.9 Å². The van der Waals surface area contributed by atoms with Crippen LogP contribution in [0.15, 0.2) is 42.7 Å². The lowest BCUT2D eigenvalue weighted by Gasteiger charge is -2.26. The Hall–Kier alpha value is -2.32. The highest BCUT2D eigenvalue weighted by molar-refractivity contribution is 5.29. The molecule has 0 aliphatic carbocycles. The van der Waals surface area contributed by atoms with Gasteiger partial charge in [0, 0.05) is 30.4 Å². The van der Waals surface area contributed by atoms with Crippen molar-refractivity contribution in [3.63, 3.8) is 0 Å². The maximum Gasteiger partial charge on any atom is 0.132 e. The third kappa shape index (κ3) is 2.98. The molecule has 2 aromatic rings. The number of aromatic nitrogens is 1. The fourth-order valence-corrected chi connectivity index (χ4v) is 2.09. The first-order chi connectivity index (χ1) is 9.55. The molecule has 1 unspecified atom stereocenters. The Morgan fingerprint density at radius 2 is 1.90 bits per heavy atom. The number of rotatable bonds is 4. The number of halogens is 2. The molecule has 0 aliphatic rings. The van der Waals surface area contributed by atoms with E-state index >= 15 is 0 Å². The van der Waals surface area contributed by atoms with Crippen LogP contribution >= 0.6 is 0 Å².